The molecular formula is C20H23N3O5S. The van der Waals surface area contributed by atoms with Crippen LogP contribution in [0.5, 0.6) is 5.75 Å². The van der Waals surface area contributed by atoms with Crippen LogP contribution in [0, 0.1) is 11.3 Å². The molecule has 8 nitrogen and oxygen atoms in total. The number of aromatic amines is 1. The monoisotopic (exact) mass is 417 g/mol. The molecule has 29 heavy (non-hydrogen) atoms. The molecule has 2 aromatic rings. The van der Waals surface area contributed by atoms with E-state index in [1.807, 2.05) is 20.8 Å². The number of likely N-dealkylation sites (tertiary alicyclic amines) is 1. The van der Waals surface area contributed by atoms with Crippen LogP contribution >= 0.6 is 11.5 Å². The van der Waals surface area contributed by atoms with Gasteiger partial charge in [-0.2, -0.15) is 4.37 Å². The van der Waals surface area contributed by atoms with Crippen LogP contribution in [-0.4, -0.2) is 49.9 Å². The standard InChI is InChI=1S/C20H23N3O5S/c1-19(2,3)15-14(24)12-10-11(16-21-17(25)29-22-16)4-5-13(12)28-20(15)6-8-23(9-7-20)18(26)27/h4-5,10,15H,6-9H2,1-3H3,(H,26,27)(H,21,22,25). The number of hydrogen-bond donors (Lipinski definition) is 2. The van der Waals surface area contributed by atoms with Crippen molar-refractivity contribution in [2.45, 2.75) is 39.2 Å². The molecule has 9 heteroatoms. The first-order chi connectivity index (χ1) is 13.6. The number of carboxylic acid groups (broad SMARTS) is 1. The van der Waals surface area contributed by atoms with Crippen molar-refractivity contribution in [3.63, 3.8) is 0 Å². The van der Waals surface area contributed by atoms with Crippen LogP contribution in [0.3, 0.4) is 0 Å². The number of nitrogens with one attached hydrogen (secondary N) is 1. The summed E-state index contributed by atoms with van der Waals surface area (Å²) in [6, 6.07) is 5.24. The third-order valence-corrected chi connectivity index (χ3v) is 6.35. The molecule has 0 radical (unpaired) electrons. The number of rotatable bonds is 1. The van der Waals surface area contributed by atoms with Crippen LogP contribution < -0.4 is 9.61 Å². The van der Waals surface area contributed by atoms with Crippen molar-refractivity contribution >= 4 is 23.4 Å². The highest BCUT2D eigenvalue weighted by Gasteiger charge is 2.55. The summed E-state index contributed by atoms with van der Waals surface area (Å²) in [7, 11) is 0. The van der Waals surface area contributed by atoms with Crippen molar-refractivity contribution in [2.75, 3.05) is 13.1 Å². The van der Waals surface area contributed by atoms with Gasteiger partial charge in [0, 0.05) is 43.0 Å². The van der Waals surface area contributed by atoms with Gasteiger partial charge in [0.25, 0.3) is 0 Å². The van der Waals surface area contributed by atoms with E-state index in [1.54, 1.807) is 18.2 Å². The summed E-state index contributed by atoms with van der Waals surface area (Å²) in [6.45, 7) is 6.70. The van der Waals surface area contributed by atoms with Gasteiger partial charge < -0.3 is 14.7 Å². The third kappa shape index (κ3) is 3.33. The van der Waals surface area contributed by atoms with Gasteiger partial charge in [0.2, 0.25) is 0 Å². The molecule has 1 aromatic carbocycles. The zero-order chi connectivity index (χ0) is 21.0. The first-order valence-corrected chi connectivity index (χ1v) is 10.3. The van der Waals surface area contributed by atoms with Crippen LogP contribution in [0.25, 0.3) is 11.4 Å². The fourth-order valence-electron chi connectivity index (χ4n) is 4.64. The summed E-state index contributed by atoms with van der Waals surface area (Å²) in [5.74, 6) is 0.503. The van der Waals surface area contributed by atoms with Crippen molar-refractivity contribution in [2.24, 2.45) is 11.3 Å². The van der Waals surface area contributed by atoms with E-state index in [-0.39, 0.29) is 16.1 Å². The van der Waals surface area contributed by atoms with E-state index in [2.05, 4.69) is 9.36 Å². The molecule has 154 valence electrons. The SMILES string of the molecule is CC(C)(C)C1C(=O)c2cc(-c3nsc(=O)[nH]3)ccc2OC12CCN(C(=O)O)CC2. The number of aromatic nitrogens is 2. The van der Waals surface area contributed by atoms with Crippen LogP contribution in [-0.2, 0) is 0 Å². The van der Waals surface area contributed by atoms with E-state index < -0.39 is 17.6 Å². The predicted molar refractivity (Wildman–Crippen MR) is 108 cm³/mol. The van der Waals surface area contributed by atoms with E-state index in [1.165, 1.54) is 4.90 Å². The number of H-pyrrole nitrogens is 1. The minimum atomic E-state index is -0.948. The van der Waals surface area contributed by atoms with Gasteiger partial charge in [-0.25, -0.2) is 4.79 Å². The number of carbonyl (C=O) groups excluding carboxylic acids is 1. The molecule has 0 saturated carbocycles. The molecule has 2 aliphatic rings. The van der Waals surface area contributed by atoms with Gasteiger partial charge in [-0.05, 0) is 23.6 Å². The number of Topliss-reactive ketones (excluding diaryl/α,β-unsaturated/α-hetero) is 1. The lowest BCUT2D eigenvalue weighted by atomic mass is 9.62. The van der Waals surface area contributed by atoms with Crippen molar-refractivity contribution in [1.82, 2.24) is 14.3 Å². The molecule has 1 amide bonds. The lowest BCUT2D eigenvalue weighted by molar-refractivity contribution is -0.0695. The minimum Gasteiger partial charge on any atom is -0.486 e. The van der Waals surface area contributed by atoms with Gasteiger partial charge in [0.05, 0.1) is 11.5 Å². The summed E-state index contributed by atoms with van der Waals surface area (Å²) in [6.07, 6.45) is -0.0159. The summed E-state index contributed by atoms with van der Waals surface area (Å²) >= 11 is 0.832. The van der Waals surface area contributed by atoms with Crippen LogP contribution in [0.15, 0.2) is 23.0 Å². The van der Waals surface area contributed by atoms with E-state index in [0.29, 0.717) is 48.6 Å². The van der Waals surface area contributed by atoms with Crippen molar-refractivity contribution in [1.29, 1.82) is 0 Å². The van der Waals surface area contributed by atoms with E-state index in [9.17, 15) is 19.5 Å². The fraction of sp³-hybridized carbons (Fsp3) is 0.500. The maximum Gasteiger partial charge on any atom is 0.407 e. The average Bonchev–Trinajstić information content (AvgIpc) is 3.07. The average molecular weight is 417 g/mol. The van der Waals surface area contributed by atoms with E-state index >= 15 is 0 Å². The Bertz CT molecular complexity index is 1030. The summed E-state index contributed by atoms with van der Waals surface area (Å²) < 4.78 is 10.6. The molecule has 1 atom stereocenters. The largest absolute Gasteiger partial charge is 0.486 e. The summed E-state index contributed by atoms with van der Waals surface area (Å²) in [5.41, 5.74) is 0.0292. The number of benzene rings is 1. The quantitative estimate of drug-likeness (QED) is 0.736. The molecule has 2 N–H and O–H groups in total. The topological polar surface area (TPSA) is 113 Å². The second-order valence-electron chi connectivity index (χ2n) is 8.75. The normalized spacial score (nSPS) is 21.0. The Kier molecular flexibility index (Phi) is 4.53. The van der Waals surface area contributed by atoms with E-state index in [0.717, 1.165) is 11.5 Å². The lowest BCUT2D eigenvalue weighted by Gasteiger charge is -2.52. The van der Waals surface area contributed by atoms with Crippen LogP contribution in [0.4, 0.5) is 4.79 Å². The minimum absolute atomic E-state index is 0.0121. The van der Waals surface area contributed by atoms with E-state index in [4.69, 9.17) is 4.74 Å². The third-order valence-electron chi connectivity index (χ3n) is 5.81. The van der Waals surface area contributed by atoms with Crippen molar-refractivity contribution in [3.8, 4) is 17.1 Å². The number of carbonyl (C=O) groups is 2. The molecule has 3 heterocycles. The number of ketones is 1. The Balaban J connectivity index is 1.76. The Morgan fingerprint density at radius 3 is 2.55 bits per heavy atom. The maximum absolute atomic E-state index is 13.6. The highest BCUT2D eigenvalue weighted by molar-refractivity contribution is 7.03. The molecular weight excluding hydrogens is 394 g/mol. The molecule has 2 aliphatic heterocycles. The second-order valence-corrected chi connectivity index (χ2v) is 9.49. The van der Waals surface area contributed by atoms with Gasteiger partial charge in [0.1, 0.15) is 11.4 Å². The zero-order valence-corrected chi connectivity index (χ0v) is 17.3. The Hall–Kier alpha value is -2.68. The van der Waals surface area contributed by atoms with Gasteiger partial charge in [-0.3, -0.25) is 14.6 Å². The van der Waals surface area contributed by atoms with Crippen molar-refractivity contribution in [3.05, 3.63) is 33.4 Å². The fourth-order valence-corrected chi connectivity index (χ4v) is 5.10. The predicted octanol–water partition coefficient (Wildman–Crippen LogP) is 3.25. The summed E-state index contributed by atoms with van der Waals surface area (Å²) in [5, 5.41) is 9.29. The molecule has 4 rings (SSSR count). The number of nitrogens with zero attached hydrogens (tertiary/aromatic N) is 2. The highest BCUT2D eigenvalue weighted by Crippen LogP contribution is 2.50. The summed E-state index contributed by atoms with van der Waals surface area (Å²) in [4.78, 5) is 40.2. The highest BCUT2D eigenvalue weighted by atomic mass is 32.1. The Labute approximate surface area is 171 Å². The second kappa shape index (κ2) is 6.69. The Morgan fingerprint density at radius 1 is 1.31 bits per heavy atom. The van der Waals surface area contributed by atoms with Gasteiger partial charge in [-0.15, -0.1) is 0 Å². The van der Waals surface area contributed by atoms with Gasteiger partial charge >= 0.3 is 11.0 Å². The first kappa shape index (κ1) is 19.6. The molecule has 1 spiro atoms. The number of amides is 1. The van der Waals surface area contributed by atoms with Gasteiger partial charge in [-0.1, -0.05) is 20.8 Å². The van der Waals surface area contributed by atoms with Crippen molar-refractivity contribution < 1.29 is 19.4 Å². The Morgan fingerprint density at radius 2 is 2.00 bits per heavy atom. The smallest absolute Gasteiger partial charge is 0.407 e. The number of piperidine rings is 1. The molecule has 1 saturated heterocycles. The molecule has 0 bridgehead atoms. The van der Waals surface area contributed by atoms with Crippen LogP contribution in [0.1, 0.15) is 44.0 Å². The maximum atomic E-state index is 13.6. The van der Waals surface area contributed by atoms with Gasteiger partial charge in [0.15, 0.2) is 11.6 Å². The number of hydrogen-bond acceptors (Lipinski definition) is 6. The lowest BCUT2D eigenvalue weighted by Crippen LogP contribution is -2.60. The number of fused-ring (bicyclic) bond motifs is 1. The molecule has 1 fully saturated rings. The van der Waals surface area contributed by atoms with Crippen LogP contribution in [0.2, 0.25) is 0 Å². The number of ether oxygens (including phenoxy) is 1. The molecule has 1 unspecified atom stereocenters. The zero-order valence-electron chi connectivity index (χ0n) is 16.5. The molecule has 0 aliphatic carbocycles. The first-order valence-electron chi connectivity index (χ1n) is 9.52. The molecule has 1 aromatic heterocycles.